The van der Waals surface area contributed by atoms with E-state index in [1.807, 2.05) is 18.2 Å². The van der Waals surface area contributed by atoms with Crippen LogP contribution >= 0.6 is 0 Å². The molecule has 2 aromatic rings. The highest BCUT2D eigenvalue weighted by molar-refractivity contribution is 5.91. The third-order valence-electron chi connectivity index (χ3n) is 8.28. The molecule has 0 radical (unpaired) electrons. The van der Waals surface area contributed by atoms with Crippen LogP contribution in [0.5, 0.6) is 5.75 Å². The molecule has 1 saturated carbocycles. The van der Waals surface area contributed by atoms with E-state index < -0.39 is 5.54 Å². The van der Waals surface area contributed by atoms with Gasteiger partial charge in [-0.2, -0.15) is 0 Å². The number of hydrogen-bond acceptors (Lipinski definition) is 4. The van der Waals surface area contributed by atoms with E-state index in [0.717, 1.165) is 48.9 Å². The monoisotopic (exact) mass is 478 g/mol. The lowest BCUT2D eigenvalue weighted by molar-refractivity contribution is -0.134. The molecule has 188 valence electrons. The third-order valence-corrected chi connectivity index (χ3v) is 8.28. The average Bonchev–Trinajstić information content (AvgIpc) is 3.49. The molecule has 6 heteroatoms. The van der Waals surface area contributed by atoms with Gasteiger partial charge in [0, 0.05) is 43.5 Å². The van der Waals surface area contributed by atoms with Gasteiger partial charge in [0.25, 0.3) is 0 Å². The van der Waals surface area contributed by atoms with E-state index in [1.165, 1.54) is 24.8 Å². The van der Waals surface area contributed by atoms with Gasteiger partial charge in [-0.3, -0.25) is 9.59 Å². The number of fused-ring (bicyclic) bond motifs is 1. The normalized spacial score (nSPS) is 24.4. The molecule has 2 atom stereocenters. The molecule has 3 aliphatic rings. The van der Waals surface area contributed by atoms with Gasteiger partial charge in [-0.05, 0) is 67.9 Å². The molecule has 2 amide bonds. The molecule has 1 aliphatic carbocycles. The molecule has 0 bridgehead atoms. The molecule has 2 saturated heterocycles. The smallest absolute Gasteiger partial charge is 0.222 e. The van der Waals surface area contributed by atoms with E-state index >= 15 is 0 Å². The number of carbonyl (C=O) groups is 2. The molecular weight excluding hydrogens is 440 g/mol. The first-order valence-corrected chi connectivity index (χ1v) is 13.3. The molecule has 0 aromatic heterocycles. The van der Waals surface area contributed by atoms with Crippen LogP contribution in [0.2, 0.25) is 0 Å². The number of hydrogen-bond donors (Lipinski definition) is 1. The van der Waals surface area contributed by atoms with Crippen LogP contribution < -0.4 is 10.1 Å². The molecule has 6 nitrogen and oxygen atoms in total. The maximum Gasteiger partial charge on any atom is 0.222 e. The zero-order valence-electron chi connectivity index (χ0n) is 20.9. The number of methoxy groups -OCH3 is 1. The quantitative estimate of drug-likeness (QED) is 0.541. The number of amides is 2. The average molecular weight is 479 g/mol. The standard InChI is InChI=1S/C29H38N2O4/c1-34-26-12-11-22(24-9-2-3-10-25(24)26)18-29(15-13-27(32)30-29)16-14-28(33)31(19-21-6-4-7-21)20-23-8-5-17-35-23/h2-3,9-12,21,23H,4-8,13-20H2,1H3,(H,30,32)/t23-,29+/m1/s1. The Kier molecular flexibility index (Phi) is 7.28. The molecule has 2 aromatic carbocycles. The van der Waals surface area contributed by atoms with Crippen molar-refractivity contribution in [1.82, 2.24) is 10.2 Å². The molecule has 2 aliphatic heterocycles. The minimum absolute atomic E-state index is 0.0842. The lowest BCUT2D eigenvalue weighted by atomic mass is 9.83. The highest BCUT2D eigenvalue weighted by Gasteiger charge is 2.39. The third kappa shape index (κ3) is 5.48. The van der Waals surface area contributed by atoms with Gasteiger partial charge in [-0.15, -0.1) is 0 Å². The fraction of sp³-hybridized carbons (Fsp3) is 0.586. The van der Waals surface area contributed by atoms with Crippen LogP contribution in [0.3, 0.4) is 0 Å². The molecule has 3 fully saturated rings. The van der Waals surface area contributed by atoms with Crippen molar-refractivity contribution in [3.63, 3.8) is 0 Å². The molecule has 1 N–H and O–H groups in total. The first-order valence-electron chi connectivity index (χ1n) is 13.3. The molecule has 0 unspecified atom stereocenters. The van der Waals surface area contributed by atoms with Crippen LogP contribution in [0, 0.1) is 5.92 Å². The van der Waals surface area contributed by atoms with Crippen LogP contribution in [0.25, 0.3) is 10.8 Å². The predicted octanol–water partition coefficient (Wildman–Crippen LogP) is 4.63. The van der Waals surface area contributed by atoms with Crippen LogP contribution in [0.4, 0.5) is 0 Å². The molecule has 5 rings (SSSR count). The maximum atomic E-state index is 13.5. The Bertz CT molecular complexity index is 1060. The van der Waals surface area contributed by atoms with Crippen LogP contribution in [-0.4, -0.2) is 55.2 Å². The molecular formula is C29H38N2O4. The largest absolute Gasteiger partial charge is 0.496 e. The van der Waals surface area contributed by atoms with Gasteiger partial charge in [0.1, 0.15) is 5.75 Å². The summed E-state index contributed by atoms with van der Waals surface area (Å²) >= 11 is 0. The second kappa shape index (κ2) is 10.6. The van der Waals surface area contributed by atoms with Crippen LogP contribution in [-0.2, 0) is 20.7 Å². The maximum absolute atomic E-state index is 13.5. The van der Waals surface area contributed by atoms with Crippen molar-refractivity contribution in [1.29, 1.82) is 0 Å². The second-order valence-corrected chi connectivity index (χ2v) is 10.7. The lowest BCUT2D eigenvalue weighted by Crippen LogP contribution is -2.46. The first-order chi connectivity index (χ1) is 17.0. The van der Waals surface area contributed by atoms with E-state index in [9.17, 15) is 9.59 Å². The Balaban J connectivity index is 1.32. The summed E-state index contributed by atoms with van der Waals surface area (Å²) in [6.45, 7) is 2.36. The summed E-state index contributed by atoms with van der Waals surface area (Å²) in [6.07, 6.45) is 9.11. The number of benzene rings is 2. The number of ether oxygens (including phenoxy) is 2. The van der Waals surface area contributed by atoms with E-state index in [-0.39, 0.29) is 17.9 Å². The molecule has 35 heavy (non-hydrogen) atoms. The summed E-state index contributed by atoms with van der Waals surface area (Å²) in [6, 6.07) is 12.4. The van der Waals surface area contributed by atoms with E-state index in [0.29, 0.717) is 38.1 Å². The highest BCUT2D eigenvalue weighted by atomic mass is 16.5. The Hall–Kier alpha value is -2.60. The fourth-order valence-corrected chi connectivity index (χ4v) is 6.02. The number of nitrogens with one attached hydrogen (secondary N) is 1. The first kappa shape index (κ1) is 24.1. The van der Waals surface area contributed by atoms with E-state index in [4.69, 9.17) is 9.47 Å². The van der Waals surface area contributed by atoms with Crippen LogP contribution in [0.15, 0.2) is 36.4 Å². The van der Waals surface area contributed by atoms with Crippen molar-refractivity contribution >= 4 is 22.6 Å². The molecule has 2 heterocycles. The zero-order valence-corrected chi connectivity index (χ0v) is 20.9. The topological polar surface area (TPSA) is 67.9 Å². The summed E-state index contributed by atoms with van der Waals surface area (Å²) < 4.78 is 11.4. The Labute approximate surface area is 208 Å². The Morgan fingerprint density at radius 2 is 1.94 bits per heavy atom. The highest BCUT2D eigenvalue weighted by Crippen LogP contribution is 2.35. The van der Waals surface area contributed by atoms with Crippen molar-refractivity contribution < 1.29 is 19.1 Å². The molecule has 0 spiro atoms. The van der Waals surface area contributed by atoms with Crippen molar-refractivity contribution in [2.45, 2.75) is 75.9 Å². The van der Waals surface area contributed by atoms with Crippen molar-refractivity contribution in [2.24, 2.45) is 5.92 Å². The minimum atomic E-state index is -0.393. The van der Waals surface area contributed by atoms with Gasteiger partial charge in [0.15, 0.2) is 0 Å². The number of nitrogens with zero attached hydrogens (tertiary/aromatic N) is 1. The van der Waals surface area contributed by atoms with Crippen molar-refractivity contribution in [3.05, 3.63) is 42.0 Å². The van der Waals surface area contributed by atoms with Gasteiger partial charge in [-0.25, -0.2) is 0 Å². The van der Waals surface area contributed by atoms with Gasteiger partial charge >= 0.3 is 0 Å². The number of rotatable bonds is 10. The Morgan fingerprint density at radius 3 is 2.60 bits per heavy atom. The summed E-state index contributed by atoms with van der Waals surface area (Å²) in [5, 5.41) is 5.49. The lowest BCUT2D eigenvalue weighted by Gasteiger charge is -2.35. The zero-order chi connectivity index (χ0) is 24.3. The Morgan fingerprint density at radius 1 is 1.11 bits per heavy atom. The summed E-state index contributed by atoms with van der Waals surface area (Å²) in [5.41, 5.74) is 0.789. The van der Waals surface area contributed by atoms with E-state index in [1.54, 1.807) is 7.11 Å². The van der Waals surface area contributed by atoms with Crippen molar-refractivity contribution in [3.8, 4) is 5.75 Å². The van der Waals surface area contributed by atoms with Gasteiger partial charge < -0.3 is 19.7 Å². The van der Waals surface area contributed by atoms with Gasteiger partial charge in [-0.1, -0.05) is 36.8 Å². The van der Waals surface area contributed by atoms with Gasteiger partial charge in [0.05, 0.1) is 13.2 Å². The van der Waals surface area contributed by atoms with Gasteiger partial charge in [0.2, 0.25) is 11.8 Å². The summed E-state index contributed by atoms with van der Waals surface area (Å²) in [4.78, 5) is 27.9. The van der Waals surface area contributed by atoms with Crippen LogP contribution in [0.1, 0.15) is 63.4 Å². The minimum Gasteiger partial charge on any atom is -0.496 e. The summed E-state index contributed by atoms with van der Waals surface area (Å²) in [5.74, 6) is 1.77. The SMILES string of the molecule is COc1ccc(C[C@@]2(CCC(=O)N(CC3CCC3)C[C@H]3CCCO3)CCC(=O)N2)c2ccccc12. The second-order valence-electron chi connectivity index (χ2n) is 10.7. The van der Waals surface area contributed by atoms with Crippen molar-refractivity contribution in [2.75, 3.05) is 26.8 Å². The number of carbonyl (C=O) groups excluding carboxylic acids is 2. The summed E-state index contributed by atoms with van der Waals surface area (Å²) in [7, 11) is 1.69. The predicted molar refractivity (Wildman–Crippen MR) is 136 cm³/mol. The van der Waals surface area contributed by atoms with E-state index in [2.05, 4.69) is 28.4 Å². The fourth-order valence-electron chi connectivity index (χ4n) is 6.02.